The van der Waals surface area contributed by atoms with Crippen LogP contribution in [0.5, 0.6) is 0 Å². The third-order valence-corrected chi connectivity index (χ3v) is 8.39. The van der Waals surface area contributed by atoms with Crippen molar-refractivity contribution in [2.24, 2.45) is 5.92 Å². The average Bonchev–Trinajstić information content (AvgIpc) is 2.92. The largest absolute Gasteiger partial charge is 0.465 e. The molecule has 0 aliphatic rings. The zero-order valence-electron chi connectivity index (χ0n) is 26.8. The van der Waals surface area contributed by atoms with Crippen LogP contribution in [0.3, 0.4) is 0 Å². The summed E-state index contributed by atoms with van der Waals surface area (Å²) in [5, 5.41) is 0. The maximum absolute atomic E-state index is 12.9. The van der Waals surface area contributed by atoms with E-state index in [-0.39, 0.29) is 11.9 Å². The number of carbonyl (C=O) groups excluding carboxylic acids is 1. The van der Waals surface area contributed by atoms with Gasteiger partial charge >= 0.3 is 5.97 Å². The zero-order chi connectivity index (χ0) is 27.8. The Kier molecular flexibility index (Phi) is 32.2. The molecule has 1 atom stereocenters. The Morgan fingerprint density at radius 2 is 0.658 bits per heavy atom. The van der Waals surface area contributed by atoms with Crippen LogP contribution in [0, 0.1) is 5.92 Å². The molecule has 0 saturated heterocycles. The highest BCUT2D eigenvalue weighted by Gasteiger charge is 2.19. The Morgan fingerprint density at radius 3 is 0.974 bits per heavy atom. The fraction of sp³-hybridized carbons (Fsp3) is 0.972. The van der Waals surface area contributed by atoms with Gasteiger partial charge in [-0.05, 0) is 19.3 Å². The van der Waals surface area contributed by atoms with Crippen LogP contribution in [0.4, 0.5) is 0 Å². The highest BCUT2D eigenvalue weighted by Crippen LogP contribution is 2.21. The molecule has 0 heterocycles. The van der Waals surface area contributed by atoms with E-state index < -0.39 is 0 Å². The van der Waals surface area contributed by atoms with Gasteiger partial charge in [0, 0.05) is 0 Å². The molecular weight excluding hydrogens is 464 g/mol. The number of unbranched alkanes of at least 4 members (excludes halogenated alkanes) is 25. The first-order valence-corrected chi connectivity index (χ1v) is 17.9. The van der Waals surface area contributed by atoms with E-state index in [1.54, 1.807) is 0 Å². The van der Waals surface area contributed by atoms with Crippen LogP contribution in [0.1, 0.15) is 213 Å². The lowest BCUT2D eigenvalue weighted by molar-refractivity contribution is -0.149. The summed E-state index contributed by atoms with van der Waals surface area (Å²) in [6.07, 6.45) is 39.5. The van der Waals surface area contributed by atoms with Crippen LogP contribution in [0.2, 0.25) is 0 Å². The lowest BCUT2D eigenvalue weighted by Gasteiger charge is -2.16. The van der Waals surface area contributed by atoms with Crippen molar-refractivity contribution in [3.63, 3.8) is 0 Å². The van der Waals surface area contributed by atoms with Gasteiger partial charge in [0.1, 0.15) is 0 Å². The Bertz CT molecular complexity index is 447. The van der Waals surface area contributed by atoms with Crippen molar-refractivity contribution in [3.05, 3.63) is 0 Å². The number of hydrogen-bond acceptors (Lipinski definition) is 2. The minimum Gasteiger partial charge on any atom is -0.465 e. The molecule has 228 valence electrons. The number of rotatable bonds is 32. The van der Waals surface area contributed by atoms with Gasteiger partial charge in [0.2, 0.25) is 0 Å². The van der Waals surface area contributed by atoms with Crippen LogP contribution in [0.15, 0.2) is 0 Å². The third kappa shape index (κ3) is 28.5. The predicted molar refractivity (Wildman–Crippen MR) is 170 cm³/mol. The van der Waals surface area contributed by atoms with Gasteiger partial charge in [-0.3, -0.25) is 4.79 Å². The molecule has 38 heavy (non-hydrogen) atoms. The van der Waals surface area contributed by atoms with Crippen molar-refractivity contribution in [2.45, 2.75) is 213 Å². The number of ether oxygens (including phenoxy) is 1. The molecule has 0 amide bonds. The summed E-state index contributed by atoms with van der Waals surface area (Å²) < 4.78 is 5.80. The molecule has 0 rings (SSSR count). The monoisotopic (exact) mass is 537 g/mol. The van der Waals surface area contributed by atoms with Crippen LogP contribution in [-0.2, 0) is 9.53 Å². The molecule has 0 spiro atoms. The van der Waals surface area contributed by atoms with Crippen molar-refractivity contribution >= 4 is 5.97 Å². The molecule has 0 bridgehead atoms. The lowest BCUT2D eigenvalue weighted by atomic mass is 9.94. The third-order valence-electron chi connectivity index (χ3n) is 8.39. The normalized spacial score (nSPS) is 12.2. The van der Waals surface area contributed by atoms with Crippen LogP contribution in [0.25, 0.3) is 0 Å². The maximum Gasteiger partial charge on any atom is 0.308 e. The summed E-state index contributed by atoms with van der Waals surface area (Å²) in [5.41, 5.74) is 0. The molecule has 2 nitrogen and oxygen atoms in total. The van der Waals surface area contributed by atoms with Crippen molar-refractivity contribution in [1.29, 1.82) is 0 Å². The minimum atomic E-state index is 0.111. The smallest absolute Gasteiger partial charge is 0.308 e. The molecule has 2 heteroatoms. The minimum absolute atomic E-state index is 0.111. The zero-order valence-corrected chi connectivity index (χ0v) is 26.8. The van der Waals surface area contributed by atoms with Gasteiger partial charge in [-0.2, -0.15) is 0 Å². The van der Waals surface area contributed by atoms with Gasteiger partial charge in [0.25, 0.3) is 0 Å². The van der Waals surface area contributed by atoms with E-state index in [9.17, 15) is 4.79 Å². The molecule has 0 radical (unpaired) electrons. The SMILES string of the molecule is CCCCCCCCCCCCOC(=O)C(CCCCCCCCCC)CCCCCCCCCCCC. The van der Waals surface area contributed by atoms with Crippen LogP contribution < -0.4 is 0 Å². The maximum atomic E-state index is 12.9. The molecule has 0 saturated carbocycles. The van der Waals surface area contributed by atoms with Crippen molar-refractivity contribution in [2.75, 3.05) is 6.61 Å². The number of carbonyl (C=O) groups is 1. The Labute approximate surface area is 241 Å². The summed E-state index contributed by atoms with van der Waals surface area (Å²) in [5.74, 6) is 0.257. The second-order valence-electron chi connectivity index (χ2n) is 12.3. The van der Waals surface area contributed by atoms with Gasteiger partial charge in [-0.15, -0.1) is 0 Å². The summed E-state index contributed by atoms with van der Waals surface area (Å²) in [6.45, 7) is 7.49. The van der Waals surface area contributed by atoms with Gasteiger partial charge in [-0.1, -0.05) is 194 Å². The Balaban J connectivity index is 4.02. The highest BCUT2D eigenvalue weighted by atomic mass is 16.5. The first kappa shape index (κ1) is 37.5. The quantitative estimate of drug-likeness (QED) is 0.0631. The van der Waals surface area contributed by atoms with Crippen molar-refractivity contribution < 1.29 is 9.53 Å². The van der Waals surface area contributed by atoms with Crippen LogP contribution >= 0.6 is 0 Å². The van der Waals surface area contributed by atoms with E-state index in [0.717, 1.165) is 19.3 Å². The molecule has 0 fully saturated rings. The number of esters is 1. The second kappa shape index (κ2) is 32.7. The second-order valence-corrected chi connectivity index (χ2v) is 12.3. The fourth-order valence-electron chi connectivity index (χ4n) is 5.66. The average molecular weight is 537 g/mol. The molecule has 0 N–H and O–H groups in total. The molecule has 0 aliphatic heterocycles. The van der Waals surface area contributed by atoms with Crippen molar-refractivity contribution in [1.82, 2.24) is 0 Å². The topological polar surface area (TPSA) is 26.3 Å². The lowest BCUT2D eigenvalue weighted by Crippen LogP contribution is -2.18. The highest BCUT2D eigenvalue weighted by molar-refractivity contribution is 5.72. The fourth-order valence-corrected chi connectivity index (χ4v) is 5.66. The summed E-state index contributed by atoms with van der Waals surface area (Å²) >= 11 is 0. The van der Waals surface area contributed by atoms with E-state index in [1.807, 2.05) is 0 Å². The van der Waals surface area contributed by atoms with Gasteiger partial charge in [-0.25, -0.2) is 0 Å². The molecular formula is C36H72O2. The predicted octanol–water partition coefficient (Wildman–Crippen LogP) is 12.9. The van der Waals surface area contributed by atoms with Gasteiger partial charge < -0.3 is 4.74 Å². The van der Waals surface area contributed by atoms with E-state index in [0.29, 0.717) is 6.61 Å². The van der Waals surface area contributed by atoms with E-state index >= 15 is 0 Å². The van der Waals surface area contributed by atoms with E-state index in [1.165, 1.54) is 173 Å². The summed E-state index contributed by atoms with van der Waals surface area (Å²) in [7, 11) is 0. The Morgan fingerprint density at radius 1 is 0.395 bits per heavy atom. The standard InChI is InChI=1S/C36H72O2/c1-4-7-10-13-16-19-21-24-27-30-33-35(32-29-26-23-18-15-12-9-6-3)36(37)38-34-31-28-25-22-20-17-14-11-8-5-2/h35H,4-34H2,1-3H3. The molecule has 0 aliphatic carbocycles. The first-order valence-electron chi connectivity index (χ1n) is 17.9. The first-order chi connectivity index (χ1) is 18.8. The molecule has 0 aromatic carbocycles. The molecule has 1 unspecified atom stereocenters. The number of hydrogen-bond donors (Lipinski definition) is 0. The Hall–Kier alpha value is -0.530. The van der Waals surface area contributed by atoms with Gasteiger partial charge in [0.05, 0.1) is 12.5 Å². The van der Waals surface area contributed by atoms with Crippen molar-refractivity contribution in [3.8, 4) is 0 Å². The van der Waals surface area contributed by atoms with Gasteiger partial charge in [0.15, 0.2) is 0 Å². The molecule has 0 aromatic rings. The van der Waals surface area contributed by atoms with Crippen LogP contribution in [-0.4, -0.2) is 12.6 Å². The van der Waals surface area contributed by atoms with E-state index in [2.05, 4.69) is 20.8 Å². The molecule has 0 aromatic heterocycles. The summed E-state index contributed by atoms with van der Waals surface area (Å²) in [6, 6.07) is 0. The van der Waals surface area contributed by atoms with E-state index in [4.69, 9.17) is 4.74 Å². The summed E-state index contributed by atoms with van der Waals surface area (Å²) in [4.78, 5) is 12.9.